The highest BCUT2D eigenvalue weighted by Crippen LogP contribution is 2.33. The Morgan fingerprint density at radius 1 is 1.27 bits per heavy atom. The van der Waals surface area contributed by atoms with Crippen LogP contribution >= 0.6 is 11.6 Å². The van der Waals surface area contributed by atoms with Crippen LogP contribution in [0.3, 0.4) is 0 Å². The highest BCUT2D eigenvalue weighted by molar-refractivity contribution is 6.30. The molecule has 1 saturated heterocycles. The molecule has 0 saturated carbocycles. The van der Waals surface area contributed by atoms with Crippen LogP contribution in [0.5, 0.6) is 0 Å². The predicted octanol–water partition coefficient (Wildman–Crippen LogP) is 3.85. The molecule has 2 aliphatic heterocycles. The topological polar surface area (TPSA) is 53.0 Å². The molecular weight excluding hydrogens is 352 g/mol. The summed E-state index contributed by atoms with van der Waals surface area (Å²) in [7, 11) is 0. The summed E-state index contributed by atoms with van der Waals surface area (Å²) in [6, 6.07) is 5.99. The van der Waals surface area contributed by atoms with Gasteiger partial charge in [0.25, 0.3) is 0 Å². The van der Waals surface area contributed by atoms with Gasteiger partial charge in [0, 0.05) is 36.9 Å². The molecule has 3 rings (SSSR count). The third kappa shape index (κ3) is 4.63. The van der Waals surface area contributed by atoms with E-state index in [0.717, 1.165) is 24.4 Å². The number of aliphatic hydroxyl groups is 1. The van der Waals surface area contributed by atoms with Crippen LogP contribution in [0.25, 0.3) is 0 Å². The van der Waals surface area contributed by atoms with Crippen molar-refractivity contribution in [1.29, 1.82) is 0 Å². The summed E-state index contributed by atoms with van der Waals surface area (Å²) >= 11 is 6.12. The first-order valence-corrected chi connectivity index (χ1v) is 9.77. The standard InChI is InChI=1S/C20H29ClN2O3/c1-19(2,3)26-18(24)22-11-8-20(25,9-12-22)14-23-10-4-5-15-13-16(21)6-7-17(15)23/h6-7,13,25H,4-5,8-12,14H2,1-3H3. The molecule has 0 spiro atoms. The average molecular weight is 381 g/mol. The summed E-state index contributed by atoms with van der Waals surface area (Å²) in [6.07, 6.45) is 2.92. The summed E-state index contributed by atoms with van der Waals surface area (Å²) in [4.78, 5) is 16.2. The molecule has 0 unspecified atom stereocenters. The van der Waals surface area contributed by atoms with Crippen LogP contribution in [0.4, 0.5) is 10.5 Å². The molecular formula is C20H29ClN2O3. The minimum atomic E-state index is -0.785. The van der Waals surface area contributed by atoms with E-state index in [1.807, 2.05) is 32.9 Å². The summed E-state index contributed by atoms with van der Waals surface area (Å²) in [5, 5.41) is 11.8. The van der Waals surface area contributed by atoms with Crippen molar-refractivity contribution in [3.8, 4) is 0 Å². The Morgan fingerprint density at radius 3 is 2.62 bits per heavy atom. The number of carbonyl (C=O) groups is 1. The van der Waals surface area contributed by atoms with E-state index in [4.69, 9.17) is 16.3 Å². The maximum absolute atomic E-state index is 12.2. The highest BCUT2D eigenvalue weighted by Gasteiger charge is 2.37. The van der Waals surface area contributed by atoms with Gasteiger partial charge >= 0.3 is 6.09 Å². The molecule has 2 aliphatic rings. The summed E-state index contributed by atoms with van der Waals surface area (Å²) in [5.74, 6) is 0. The zero-order valence-corrected chi connectivity index (χ0v) is 16.7. The second kappa shape index (κ2) is 7.28. The number of anilines is 1. The number of carbonyl (C=O) groups excluding carboxylic acids is 1. The molecule has 0 radical (unpaired) electrons. The largest absolute Gasteiger partial charge is 0.444 e. The lowest BCUT2D eigenvalue weighted by atomic mass is 9.89. The fourth-order valence-electron chi connectivity index (χ4n) is 3.75. The fourth-order valence-corrected chi connectivity index (χ4v) is 3.95. The molecule has 144 valence electrons. The number of likely N-dealkylation sites (tertiary alicyclic amines) is 1. The van der Waals surface area contributed by atoms with Gasteiger partial charge in [0.05, 0.1) is 5.60 Å². The number of β-amino-alcohol motifs (C(OH)–C–C–N with tert-alkyl or cyclic N) is 1. The van der Waals surface area contributed by atoms with Crippen LogP contribution in [0.1, 0.15) is 45.6 Å². The second-order valence-corrected chi connectivity index (χ2v) is 8.93. The number of ether oxygens (including phenoxy) is 1. The number of hydrogen-bond acceptors (Lipinski definition) is 4. The van der Waals surface area contributed by atoms with Crippen LogP contribution in [-0.2, 0) is 11.2 Å². The molecule has 0 aliphatic carbocycles. The molecule has 1 fully saturated rings. The number of nitrogens with zero attached hydrogens (tertiary/aromatic N) is 2. The van der Waals surface area contributed by atoms with E-state index < -0.39 is 11.2 Å². The lowest BCUT2D eigenvalue weighted by Gasteiger charge is -2.43. The number of amides is 1. The van der Waals surface area contributed by atoms with Crippen LogP contribution < -0.4 is 4.90 Å². The minimum Gasteiger partial charge on any atom is -0.444 e. The smallest absolute Gasteiger partial charge is 0.410 e. The Hall–Kier alpha value is -1.46. The summed E-state index contributed by atoms with van der Waals surface area (Å²) in [5.41, 5.74) is 1.14. The lowest BCUT2D eigenvalue weighted by molar-refractivity contribution is -0.0276. The van der Waals surface area contributed by atoms with Crippen LogP contribution in [-0.4, -0.2) is 53.5 Å². The van der Waals surface area contributed by atoms with Crippen molar-refractivity contribution in [2.45, 2.75) is 57.7 Å². The van der Waals surface area contributed by atoms with Crippen molar-refractivity contribution in [2.24, 2.45) is 0 Å². The van der Waals surface area contributed by atoms with Crippen LogP contribution in [0, 0.1) is 0 Å². The third-order valence-electron chi connectivity index (χ3n) is 5.09. The third-order valence-corrected chi connectivity index (χ3v) is 5.32. The Kier molecular flexibility index (Phi) is 5.40. The first kappa shape index (κ1) is 19.3. The van der Waals surface area contributed by atoms with E-state index in [9.17, 15) is 9.90 Å². The molecule has 0 bridgehead atoms. The van der Waals surface area contributed by atoms with E-state index in [1.54, 1.807) is 4.90 Å². The Labute approximate surface area is 160 Å². The molecule has 1 aromatic rings. The van der Waals surface area contributed by atoms with Crippen molar-refractivity contribution >= 4 is 23.4 Å². The first-order chi connectivity index (χ1) is 12.2. The van der Waals surface area contributed by atoms with Crippen molar-refractivity contribution in [2.75, 3.05) is 31.1 Å². The number of fused-ring (bicyclic) bond motifs is 1. The highest BCUT2D eigenvalue weighted by atomic mass is 35.5. The molecule has 5 nitrogen and oxygen atoms in total. The second-order valence-electron chi connectivity index (χ2n) is 8.49. The molecule has 6 heteroatoms. The van der Waals surface area contributed by atoms with E-state index in [2.05, 4.69) is 11.0 Å². The van der Waals surface area contributed by atoms with Crippen molar-refractivity contribution < 1.29 is 14.6 Å². The molecule has 0 atom stereocenters. The molecule has 1 amide bonds. The zero-order chi connectivity index (χ0) is 18.9. The number of aryl methyl sites for hydroxylation is 1. The molecule has 0 aromatic heterocycles. The van der Waals surface area contributed by atoms with Gasteiger partial charge in [-0.1, -0.05) is 11.6 Å². The predicted molar refractivity (Wildman–Crippen MR) is 104 cm³/mol. The van der Waals surface area contributed by atoms with Gasteiger partial charge in [-0.2, -0.15) is 0 Å². The van der Waals surface area contributed by atoms with E-state index in [1.165, 1.54) is 11.3 Å². The van der Waals surface area contributed by atoms with Crippen molar-refractivity contribution in [3.05, 3.63) is 28.8 Å². The van der Waals surface area contributed by atoms with Gasteiger partial charge in [-0.25, -0.2) is 4.79 Å². The summed E-state index contributed by atoms with van der Waals surface area (Å²) < 4.78 is 5.44. The number of rotatable bonds is 2. The maximum atomic E-state index is 12.2. The Morgan fingerprint density at radius 2 is 1.96 bits per heavy atom. The average Bonchev–Trinajstić information content (AvgIpc) is 2.53. The minimum absolute atomic E-state index is 0.294. The number of piperidine rings is 1. The van der Waals surface area contributed by atoms with Crippen LogP contribution in [0.15, 0.2) is 18.2 Å². The molecule has 1 N–H and O–H groups in total. The monoisotopic (exact) mass is 380 g/mol. The molecule has 26 heavy (non-hydrogen) atoms. The van der Waals surface area contributed by atoms with E-state index in [0.29, 0.717) is 32.5 Å². The van der Waals surface area contributed by atoms with E-state index in [-0.39, 0.29) is 6.09 Å². The zero-order valence-electron chi connectivity index (χ0n) is 15.9. The maximum Gasteiger partial charge on any atom is 0.410 e. The van der Waals surface area contributed by atoms with Gasteiger partial charge in [0.15, 0.2) is 0 Å². The fraction of sp³-hybridized carbons (Fsp3) is 0.650. The Bertz CT molecular complexity index is 664. The van der Waals surface area contributed by atoms with Gasteiger partial charge in [-0.15, -0.1) is 0 Å². The lowest BCUT2D eigenvalue weighted by Crippen LogP contribution is -2.53. The van der Waals surface area contributed by atoms with Crippen molar-refractivity contribution in [1.82, 2.24) is 4.90 Å². The Balaban J connectivity index is 1.61. The van der Waals surface area contributed by atoms with Crippen LogP contribution in [0.2, 0.25) is 5.02 Å². The number of hydrogen-bond donors (Lipinski definition) is 1. The van der Waals surface area contributed by atoms with Gasteiger partial charge in [0.1, 0.15) is 5.60 Å². The van der Waals surface area contributed by atoms with Gasteiger partial charge in [0.2, 0.25) is 0 Å². The number of benzene rings is 1. The molecule has 1 aromatic carbocycles. The van der Waals surface area contributed by atoms with Crippen molar-refractivity contribution in [3.63, 3.8) is 0 Å². The SMILES string of the molecule is CC(C)(C)OC(=O)N1CCC(O)(CN2CCCc3cc(Cl)ccc32)CC1. The first-order valence-electron chi connectivity index (χ1n) is 9.39. The quantitative estimate of drug-likeness (QED) is 0.846. The molecule has 2 heterocycles. The van der Waals surface area contributed by atoms with E-state index >= 15 is 0 Å². The normalized spacial score (nSPS) is 19.9. The summed E-state index contributed by atoms with van der Waals surface area (Å²) in [6.45, 7) is 8.16. The van der Waals surface area contributed by atoms with Gasteiger partial charge < -0.3 is 19.6 Å². The number of halogens is 1. The van der Waals surface area contributed by atoms with Gasteiger partial charge in [-0.3, -0.25) is 0 Å². The van der Waals surface area contributed by atoms with Gasteiger partial charge in [-0.05, 0) is 70.2 Å².